The number of amides is 1. The molecule has 2 aromatic heterocycles. The summed E-state index contributed by atoms with van der Waals surface area (Å²) in [4.78, 5) is 17.1. The predicted octanol–water partition coefficient (Wildman–Crippen LogP) is 2.94. The molecule has 5 nitrogen and oxygen atoms in total. The maximum atomic E-state index is 11.9. The van der Waals surface area contributed by atoms with E-state index >= 15 is 0 Å². The highest BCUT2D eigenvalue weighted by Gasteiger charge is 2.06. The molecule has 0 fully saturated rings. The Hall–Kier alpha value is -2.25. The molecular weight excluding hydrogens is 316 g/mol. The van der Waals surface area contributed by atoms with E-state index in [4.69, 9.17) is 5.73 Å². The number of carbonyl (C=O) groups excluding carboxylic acids is 1. The Balaban J connectivity index is 1.63. The molecule has 0 aliphatic heterocycles. The molecule has 1 aromatic carbocycles. The van der Waals surface area contributed by atoms with Gasteiger partial charge in [-0.15, -0.1) is 11.3 Å². The fourth-order valence-corrected chi connectivity index (χ4v) is 3.59. The first-order valence-corrected chi connectivity index (χ1v) is 8.32. The molecule has 3 rings (SSSR count). The van der Waals surface area contributed by atoms with Crippen LogP contribution < -0.4 is 11.2 Å². The third kappa shape index (κ3) is 3.32. The van der Waals surface area contributed by atoms with Crippen molar-refractivity contribution < 1.29 is 4.79 Å². The van der Waals surface area contributed by atoms with Crippen molar-refractivity contribution in [3.05, 3.63) is 45.6 Å². The van der Waals surface area contributed by atoms with E-state index in [0.29, 0.717) is 5.13 Å². The molecule has 2 heterocycles. The van der Waals surface area contributed by atoms with Crippen molar-refractivity contribution in [3.63, 3.8) is 0 Å². The van der Waals surface area contributed by atoms with Crippen LogP contribution in [-0.4, -0.2) is 17.1 Å². The zero-order valence-corrected chi connectivity index (χ0v) is 13.5. The number of fused-ring (bicyclic) bond motifs is 1. The van der Waals surface area contributed by atoms with Gasteiger partial charge in [0.05, 0.1) is 22.9 Å². The summed E-state index contributed by atoms with van der Waals surface area (Å²) in [5.74, 6) is -0.151. The minimum Gasteiger partial charge on any atom is -0.375 e. The quantitative estimate of drug-likeness (QED) is 0.570. The SMILES string of the molecule is Cc1ccsc1/C=N\NC(=O)Cc1ccc2nc(N)sc2c1. The molecule has 112 valence electrons. The van der Waals surface area contributed by atoms with E-state index in [0.717, 1.165) is 26.2 Å². The predicted molar refractivity (Wildman–Crippen MR) is 92.5 cm³/mol. The molecule has 1 amide bonds. The molecule has 0 spiro atoms. The molecule has 0 radical (unpaired) electrons. The van der Waals surface area contributed by atoms with Gasteiger partial charge < -0.3 is 5.73 Å². The highest BCUT2D eigenvalue weighted by Crippen LogP contribution is 2.24. The van der Waals surface area contributed by atoms with Gasteiger partial charge in [0.2, 0.25) is 5.91 Å². The number of nitrogens with one attached hydrogen (secondary N) is 1. The summed E-state index contributed by atoms with van der Waals surface area (Å²) < 4.78 is 0.987. The molecular formula is C15H14N4OS2. The van der Waals surface area contributed by atoms with Gasteiger partial charge in [0.15, 0.2) is 5.13 Å². The van der Waals surface area contributed by atoms with Crippen molar-refractivity contribution in [2.75, 3.05) is 5.73 Å². The van der Waals surface area contributed by atoms with Crippen LogP contribution in [0.3, 0.4) is 0 Å². The third-order valence-corrected chi connectivity index (χ3v) is 4.91. The molecule has 0 aliphatic carbocycles. The van der Waals surface area contributed by atoms with E-state index < -0.39 is 0 Å². The van der Waals surface area contributed by atoms with Crippen molar-refractivity contribution >= 4 is 50.1 Å². The lowest BCUT2D eigenvalue weighted by atomic mass is 10.1. The Labute approximate surface area is 135 Å². The fourth-order valence-electron chi connectivity index (χ4n) is 2.00. The number of hydrazone groups is 1. The molecule has 0 atom stereocenters. The van der Waals surface area contributed by atoms with Crippen LogP contribution in [0.4, 0.5) is 5.13 Å². The second-order valence-electron chi connectivity index (χ2n) is 4.79. The standard InChI is InChI=1S/C15H14N4OS2/c1-9-4-5-21-13(9)8-17-19-14(20)7-10-2-3-11-12(6-10)22-15(16)18-11/h2-6,8H,7H2,1H3,(H2,16,18)(H,19,20)/b17-8-. The first kappa shape index (κ1) is 14.7. The van der Waals surface area contributed by atoms with Gasteiger partial charge >= 0.3 is 0 Å². The minimum atomic E-state index is -0.151. The van der Waals surface area contributed by atoms with Crippen molar-refractivity contribution in [1.29, 1.82) is 0 Å². The minimum absolute atomic E-state index is 0.151. The van der Waals surface area contributed by atoms with E-state index in [-0.39, 0.29) is 12.3 Å². The number of nitrogen functional groups attached to an aromatic ring is 1. The van der Waals surface area contributed by atoms with Gasteiger partial charge in [0.25, 0.3) is 0 Å². The molecule has 3 aromatic rings. The lowest BCUT2D eigenvalue weighted by molar-refractivity contribution is -0.120. The molecule has 0 unspecified atom stereocenters. The van der Waals surface area contributed by atoms with E-state index in [1.165, 1.54) is 11.3 Å². The van der Waals surface area contributed by atoms with Gasteiger partial charge in [-0.05, 0) is 41.6 Å². The van der Waals surface area contributed by atoms with Gasteiger partial charge in [-0.3, -0.25) is 4.79 Å². The summed E-state index contributed by atoms with van der Waals surface area (Å²) in [6, 6.07) is 7.72. The Morgan fingerprint density at radius 3 is 3.09 bits per heavy atom. The molecule has 0 aliphatic rings. The normalized spacial score (nSPS) is 11.3. The Bertz CT molecular complexity index is 850. The first-order chi connectivity index (χ1) is 10.6. The largest absolute Gasteiger partial charge is 0.375 e. The Morgan fingerprint density at radius 1 is 1.45 bits per heavy atom. The van der Waals surface area contributed by atoms with Crippen LogP contribution in [0.5, 0.6) is 0 Å². The number of hydrogen-bond acceptors (Lipinski definition) is 6. The molecule has 22 heavy (non-hydrogen) atoms. The van der Waals surface area contributed by atoms with E-state index in [1.807, 2.05) is 36.6 Å². The number of thiazole rings is 1. The number of rotatable bonds is 4. The lowest BCUT2D eigenvalue weighted by Gasteiger charge is -2.00. The second-order valence-corrected chi connectivity index (χ2v) is 6.80. The number of hydrogen-bond donors (Lipinski definition) is 2. The number of carbonyl (C=O) groups is 1. The van der Waals surface area contributed by atoms with Gasteiger partial charge in [0.1, 0.15) is 0 Å². The van der Waals surface area contributed by atoms with Gasteiger partial charge in [-0.25, -0.2) is 10.4 Å². The van der Waals surface area contributed by atoms with Crippen LogP contribution in [0.1, 0.15) is 16.0 Å². The summed E-state index contributed by atoms with van der Waals surface area (Å²) in [5.41, 5.74) is 11.1. The van der Waals surface area contributed by atoms with Crippen LogP contribution in [0, 0.1) is 6.92 Å². The number of benzene rings is 1. The topological polar surface area (TPSA) is 80.4 Å². The molecule has 0 saturated heterocycles. The Kier molecular flexibility index (Phi) is 4.17. The van der Waals surface area contributed by atoms with Gasteiger partial charge in [-0.1, -0.05) is 17.4 Å². The summed E-state index contributed by atoms with van der Waals surface area (Å²) in [5, 5.41) is 6.52. The average molecular weight is 330 g/mol. The van der Waals surface area contributed by atoms with Crippen molar-refractivity contribution in [1.82, 2.24) is 10.4 Å². The highest BCUT2D eigenvalue weighted by molar-refractivity contribution is 7.22. The zero-order chi connectivity index (χ0) is 15.5. The van der Waals surface area contributed by atoms with Crippen molar-refractivity contribution in [2.24, 2.45) is 5.10 Å². The third-order valence-electron chi connectivity index (χ3n) is 3.11. The number of anilines is 1. The highest BCUT2D eigenvalue weighted by atomic mass is 32.1. The number of aromatic nitrogens is 1. The zero-order valence-electron chi connectivity index (χ0n) is 11.9. The van der Waals surface area contributed by atoms with E-state index in [9.17, 15) is 4.79 Å². The Morgan fingerprint density at radius 2 is 2.32 bits per heavy atom. The number of thiophene rings is 1. The lowest BCUT2D eigenvalue weighted by Crippen LogP contribution is -2.19. The molecule has 0 saturated carbocycles. The second kappa shape index (κ2) is 6.25. The first-order valence-electron chi connectivity index (χ1n) is 6.63. The maximum Gasteiger partial charge on any atom is 0.244 e. The number of nitrogens with zero attached hydrogens (tertiary/aromatic N) is 2. The molecule has 3 N–H and O–H groups in total. The van der Waals surface area contributed by atoms with Gasteiger partial charge in [-0.2, -0.15) is 5.10 Å². The van der Waals surface area contributed by atoms with Crippen LogP contribution in [0.2, 0.25) is 0 Å². The monoisotopic (exact) mass is 330 g/mol. The van der Waals surface area contributed by atoms with Gasteiger partial charge in [0, 0.05) is 4.88 Å². The van der Waals surface area contributed by atoms with Crippen LogP contribution in [0.25, 0.3) is 10.2 Å². The van der Waals surface area contributed by atoms with Crippen molar-refractivity contribution in [3.8, 4) is 0 Å². The van der Waals surface area contributed by atoms with E-state index in [2.05, 4.69) is 15.5 Å². The summed E-state index contributed by atoms with van der Waals surface area (Å²) >= 11 is 3.01. The number of nitrogens with two attached hydrogens (primary N) is 1. The molecule has 0 bridgehead atoms. The summed E-state index contributed by atoms with van der Waals surface area (Å²) in [7, 11) is 0. The van der Waals surface area contributed by atoms with Crippen LogP contribution in [-0.2, 0) is 11.2 Å². The molecule has 7 heteroatoms. The summed E-state index contributed by atoms with van der Waals surface area (Å²) in [6.07, 6.45) is 1.94. The number of aryl methyl sites for hydroxylation is 1. The smallest absolute Gasteiger partial charge is 0.244 e. The fraction of sp³-hybridized carbons (Fsp3) is 0.133. The summed E-state index contributed by atoms with van der Waals surface area (Å²) in [6.45, 7) is 2.01. The van der Waals surface area contributed by atoms with E-state index in [1.54, 1.807) is 17.6 Å². The van der Waals surface area contributed by atoms with Crippen LogP contribution >= 0.6 is 22.7 Å². The van der Waals surface area contributed by atoms with Crippen LogP contribution in [0.15, 0.2) is 34.7 Å². The van der Waals surface area contributed by atoms with Crippen molar-refractivity contribution in [2.45, 2.75) is 13.3 Å². The maximum absolute atomic E-state index is 11.9. The average Bonchev–Trinajstić information content (AvgIpc) is 3.03.